The van der Waals surface area contributed by atoms with Crippen molar-refractivity contribution in [1.82, 2.24) is 0 Å². The molecule has 0 N–H and O–H groups in total. The molecule has 0 heterocycles. The number of hydrogen-bond acceptors (Lipinski definition) is 0. The summed E-state index contributed by atoms with van der Waals surface area (Å²) in [4.78, 5) is 0. The van der Waals surface area contributed by atoms with Crippen LogP contribution in [0.4, 0.5) is 0 Å². The molecule has 0 saturated carbocycles. The topological polar surface area (TPSA) is 0 Å². The van der Waals surface area contributed by atoms with Gasteiger partial charge in [0.05, 0.1) is 0 Å². The van der Waals surface area contributed by atoms with Gasteiger partial charge in [0.2, 0.25) is 0 Å². The zero-order valence-electron chi connectivity index (χ0n) is 8.20. The van der Waals surface area contributed by atoms with Crippen LogP contribution in [-0.2, 0) is 0 Å². The average molecular weight is 400 g/mol. The highest BCUT2D eigenvalue weighted by Gasteiger charge is 2.42. The molecular formula is C11H14I2. The molecule has 0 radical (unpaired) electrons. The summed E-state index contributed by atoms with van der Waals surface area (Å²) < 4.78 is 2.38. The lowest BCUT2D eigenvalue weighted by molar-refractivity contribution is 0.471. The van der Waals surface area contributed by atoms with E-state index < -0.39 is 0 Å². The second-order valence-corrected chi connectivity index (χ2v) is 7.69. The van der Waals surface area contributed by atoms with Gasteiger partial charge in [0, 0.05) is 9.84 Å². The number of alkyl halides is 1. The first-order valence-electron chi connectivity index (χ1n) is 4.66. The maximum atomic E-state index is 2.57. The number of halogens is 2. The first-order chi connectivity index (χ1) is 5.91. The van der Waals surface area contributed by atoms with E-state index in [0.29, 0.717) is 5.41 Å². The number of rotatable bonds is 0. The van der Waals surface area contributed by atoms with E-state index in [2.05, 4.69) is 72.0 Å². The number of hydrogen-bond donors (Lipinski definition) is 0. The smallest absolute Gasteiger partial charge is 0.0372 e. The average Bonchev–Trinajstić information content (AvgIpc) is 2.62. The van der Waals surface area contributed by atoms with Crippen LogP contribution < -0.4 is 0 Å². The van der Waals surface area contributed by atoms with Crippen LogP contribution in [-0.4, -0.2) is 3.92 Å². The molecule has 2 heteroatoms. The zero-order chi connectivity index (χ0) is 9.80. The van der Waals surface area contributed by atoms with Gasteiger partial charge in [0.25, 0.3) is 0 Å². The summed E-state index contributed by atoms with van der Waals surface area (Å²) in [5.41, 5.74) is 3.72. The first-order valence-corrected chi connectivity index (χ1v) is 6.98. The van der Waals surface area contributed by atoms with Crippen LogP contribution in [0, 0.1) is 11.3 Å². The lowest BCUT2D eigenvalue weighted by Gasteiger charge is -2.30. The molecule has 0 aromatic carbocycles. The second-order valence-electron chi connectivity index (χ2n) is 4.88. The maximum absolute atomic E-state index is 2.57. The fraction of sp³-hybridized carbons (Fsp3) is 0.636. The number of fused-ring (bicyclic) bond motifs is 1. The minimum atomic E-state index is 0.357. The van der Waals surface area contributed by atoms with Crippen LogP contribution in [0.5, 0.6) is 0 Å². The summed E-state index contributed by atoms with van der Waals surface area (Å²) in [5.74, 6) is 0.738. The Labute approximate surface area is 108 Å². The van der Waals surface area contributed by atoms with Gasteiger partial charge in [-0.15, -0.1) is 0 Å². The Morgan fingerprint density at radius 2 is 2.00 bits per heavy atom. The Hall–Kier alpha value is 0.940. The minimum absolute atomic E-state index is 0.357. The van der Waals surface area contributed by atoms with Crippen molar-refractivity contribution in [2.75, 3.05) is 0 Å². The highest BCUT2D eigenvalue weighted by Crippen LogP contribution is 2.55. The highest BCUT2D eigenvalue weighted by molar-refractivity contribution is 14.1. The summed E-state index contributed by atoms with van der Waals surface area (Å²) in [5, 5.41) is 0. The van der Waals surface area contributed by atoms with Gasteiger partial charge in [-0.05, 0) is 49.2 Å². The molecule has 2 aliphatic carbocycles. The fourth-order valence-corrected chi connectivity index (χ4v) is 5.58. The van der Waals surface area contributed by atoms with Gasteiger partial charge in [-0.2, -0.15) is 0 Å². The molecule has 0 aliphatic heterocycles. The summed E-state index contributed by atoms with van der Waals surface area (Å²) in [6.45, 7) is 6.99. The molecular weight excluding hydrogens is 386 g/mol. The van der Waals surface area contributed by atoms with Crippen LogP contribution in [0.2, 0.25) is 0 Å². The predicted molar refractivity (Wildman–Crippen MR) is 74.5 cm³/mol. The summed E-state index contributed by atoms with van der Waals surface area (Å²) in [7, 11) is 0. The molecule has 2 atom stereocenters. The van der Waals surface area contributed by atoms with E-state index in [0.717, 1.165) is 9.84 Å². The molecule has 72 valence electrons. The molecule has 0 fully saturated rings. The van der Waals surface area contributed by atoms with E-state index in [9.17, 15) is 0 Å². The van der Waals surface area contributed by atoms with E-state index in [-0.39, 0.29) is 0 Å². The fourth-order valence-electron chi connectivity index (χ4n) is 2.12. The van der Waals surface area contributed by atoms with Crippen molar-refractivity contribution in [3.63, 3.8) is 0 Å². The molecule has 0 spiro atoms. The van der Waals surface area contributed by atoms with Crippen LogP contribution in [0.3, 0.4) is 0 Å². The third kappa shape index (κ3) is 1.85. The first kappa shape index (κ1) is 10.5. The Morgan fingerprint density at radius 3 is 2.54 bits per heavy atom. The molecule has 0 aromatic rings. The third-order valence-corrected chi connectivity index (χ3v) is 4.92. The Morgan fingerprint density at radius 1 is 1.38 bits per heavy atom. The van der Waals surface area contributed by atoms with Crippen LogP contribution >= 0.6 is 45.2 Å². The molecule has 1 unspecified atom stereocenters. The summed E-state index contributed by atoms with van der Waals surface area (Å²) in [6.07, 6.45) is 3.71. The van der Waals surface area contributed by atoms with Crippen molar-refractivity contribution in [3.05, 3.63) is 20.8 Å². The van der Waals surface area contributed by atoms with E-state index >= 15 is 0 Å². The summed E-state index contributed by atoms with van der Waals surface area (Å²) >= 11 is 5.11. The minimum Gasteiger partial charge on any atom is -0.0774 e. The van der Waals surface area contributed by atoms with Crippen LogP contribution in [0.15, 0.2) is 20.8 Å². The quantitative estimate of drug-likeness (QED) is 0.320. The van der Waals surface area contributed by atoms with Gasteiger partial charge in [0.15, 0.2) is 0 Å². The van der Waals surface area contributed by atoms with E-state index in [1.807, 2.05) is 0 Å². The van der Waals surface area contributed by atoms with Crippen molar-refractivity contribution >= 4 is 45.2 Å². The molecule has 2 rings (SSSR count). The largest absolute Gasteiger partial charge is 0.0774 e. The predicted octanol–water partition coefficient (Wildman–Crippen LogP) is 4.49. The van der Waals surface area contributed by atoms with Gasteiger partial charge in [-0.1, -0.05) is 49.4 Å². The second kappa shape index (κ2) is 3.22. The van der Waals surface area contributed by atoms with Gasteiger partial charge in [-0.3, -0.25) is 0 Å². The van der Waals surface area contributed by atoms with Crippen molar-refractivity contribution < 1.29 is 0 Å². The zero-order valence-corrected chi connectivity index (χ0v) is 12.5. The standard InChI is InChI=1S/C11H14I2/c1-11(2,3)10-7-4-6(7)8(12)5-9(10)13/h4,7-8H,5H2,1-3H3/t7-,8?/m1/s1. The van der Waals surface area contributed by atoms with Gasteiger partial charge < -0.3 is 0 Å². The molecule has 0 nitrogen and oxygen atoms in total. The van der Waals surface area contributed by atoms with Gasteiger partial charge in [0.1, 0.15) is 0 Å². The Kier molecular flexibility index (Phi) is 2.59. The molecule has 0 amide bonds. The van der Waals surface area contributed by atoms with E-state index in [1.165, 1.54) is 6.42 Å². The van der Waals surface area contributed by atoms with Gasteiger partial charge in [-0.25, -0.2) is 0 Å². The van der Waals surface area contributed by atoms with Crippen molar-refractivity contribution in [1.29, 1.82) is 0 Å². The van der Waals surface area contributed by atoms with Crippen molar-refractivity contribution in [2.45, 2.75) is 31.1 Å². The van der Waals surface area contributed by atoms with E-state index in [1.54, 1.807) is 14.7 Å². The van der Waals surface area contributed by atoms with Crippen LogP contribution in [0.1, 0.15) is 27.2 Å². The lowest BCUT2D eigenvalue weighted by Crippen LogP contribution is -2.19. The molecule has 0 saturated heterocycles. The highest BCUT2D eigenvalue weighted by atomic mass is 127. The molecule has 13 heavy (non-hydrogen) atoms. The molecule has 0 bridgehead atoms. The van der Waals surface area contributed by atoms with Gasteiger partial charge >= 0.3 is 0 Å². The molecule has 2 aliphatic rings. The SMILES string of the molecule is CC(C)(C)C1=C(I)CC(I)C2=C[C@H]21. The van der Waals surface area contributed by atoms with E-state index in [4.69, 9.17) is 0 Å². The van der Waals surface area contributed by atoms with Crippen LogP contribution in [0.25, 0.3) is 0 Å². The third-order valence-electron chi connectivity index (χ3n) is 2.74. The maximum Gasteiger partial charge on any atom is 0.0372 e. The Bertz CT molecular complexity index is 305. The van der Waals surface area contributed by atoms with Crippen molar-refractivity contribution in [2.24, 2.45) is 11.3 Å². The monoisotopic (exact) mass is 400 g/mol. The number of allylic oxidation sites excluding steroid dienone is 4. The normalized spacial score (nSPS) is 32.8. The molecule has 0 aromatic heterocycles. The Balaban J connectivity index is 2.34. The van der Waals surface area contributed by atoms with Crippen molar-refractivity contribution in [3.8, 4) is 0 Å². The lowest BCUT2D eigenvalue weighted by atomic mass is 9.79. The summed E-state index contributed by atoms with van der Waals surface area (Å²) in [6, 6.07) is 0.